The maximum atomic E-state index is 6.33. The molecule has 0 aromatic carbocycles. The Morgan fingerprint density at radius 2 is 0.913 bits per heavy atom. The van der Waals surface area contributed by atoms with Crippen LogP contribution in [0.4, 0.5) is 0 Å². The quantitative estimate of drug-likeness (QED) is 0.651. The van der Waals surface area contributed by atoms with Crippen molar-refractivity contribution >= 4 is 8.56 Å². The smallest absolute Gasteiger partial charge is 0.391 e. The van der Waals surface area contributed by atoms with E-state index in [0.717, 1.165) is 0 Å². The van der Waals surface area contributed by atoms with Crippen molar-refractivity contribution in [1.82, 2.24) is 0 Å². The van der Waals surface area contributed by atoms with E-state index in [0.29, 0.717) is 35.5 Å². The predicted molar refractivity (Wildman–Crippen MR) is 100 cm³/mol. The summed E-state index contributed by atoms with van der Waals surface area (Å²) in [5.41, 5.74) is 3.03. The van der Waals surface area contributed by atoms with Crippen LogP contribution in [0.1, 0.15) is 55.4 Å². The molecular formula is C20H36O2Si. The van der Waals surface area contributed by atoms with Crippen molar-refractivity contribution in [3.8, 4) is 0 Å². The van der Waals surface area contributed by atoms with Crippen LogP contribution in [0, 0.1) is 35.5 Å². The summed E-state index contributed by atoms with van der Waals surface area (Å²) in [5.74, 6) is 3.63. The third-order valence-electron chi connectivity index (χ3n) is 7.57. The summed E-state index contributed by atoms with van der Waals surface area (Å²) in [6, 6.07) is 0. The molecule has 2 nitrogen and oxygen atoms in total. The number of allylic oxidation sites excluding steroid dienone is 4. The first-order valence-electron chi connectivity index (χ1n) is 9.18. The summed E-state index contributed by atoms with van der Waals surface area (Å²) in [4.78, 5) is 0. The Bertz CT molecular complexity index is 486. The minimum Gasteiger partial charge on any atom is -0.391 e. The van der Waals surface area contributed by atoms with Gasteiger partial charge in [-0.15, -0.1) is 0 Å². The second-order valence-electron chi connectivity index (χ2n) is 8.09. The maximum Gasteiger partial charge on any atom is 0.398 e. The Hall–Kier alpha value is -0.383. The van der Waals surface area contributed by atoms with Crippen LogP contribution in [0.5, 0.6) is 0 Å². The highest BCUT2D eigenvalue weighted by molar-refractivity contribution is 6.82. The molecule has 0 saturated heterocycles. The first kappa shape index (κ1) is 18.9. The summed E-state index contributed by atoms with van der Waals surface area (Å²) in [6.45, 7) is 18.8. The van der Waals surface area contributed by atoms with E-state index in [2.05, 4.69) is 55.4 Å². The molecule has 2 aliphatic rings. The fourth-order valence-electron chi connectivity index (χ4n) is 5.18. The van der Waals surface area contributed by atoms with Crippen LogP contribution in [-0.2, 0) is 8.85 Å². The van der Waals surface area contributed by atoms with Gasteiger partial charge in [0.1, 0.15) is 0 Å². The average Bonchev–Trinajstić information content (AvgIpc) is 2.85. The fourth-order valence-corrected chi connectivity index (χ4v) is 9.73. The van der Waals surface area contributed by atoms with Crippen molar-refractivity contribution in [1.29, 1.82) is 0 Å². The third kappa shape index (κ3) is 2.51. The van der Waals surface area contributed by atoms with Gasteiger partial charge in [-0.1, -0.05) is 52.7 Å². The van der Waals surface area contributed by atoms with E-state index in [1.807, 2.05) is 14.2 Å². The van der Waals surface area contributed by atoms with Gasteiger partial charge in [0.2, 0.25) is 0 Å². The molecule has 0 aliphatic heterocycles. The summed E-state index contributed by atoms with van der Waals surface area (Å²) in [5, 5.41) is 3.01. The van der Waals surface area contributed by atoms with Gasteiger partial charge in [0, 0.05) is 14.2 Å². The molecule has 0 heterocycles. The lowest BCUT2D eigenvalue weighted by molar-refractivity contribution is 0.249. The molecule has 0 aromatic heterocycles. The molecule has 6 unspecified atom stereocenters. The monoisotopic (exact) mass is 336 g/mol. The first-order valence-corrected chi connectivity index (χ1v) is 11.0. The zero-order valence-corrected chi connectivity index (χ0v) is 17.8. The number of hydrogen-bond acceptors (Lipinski definition) is 2. The molecule has 0 amide bonds. The summed E-state index contributed by atoms with van der Waals surface area (Å²) in [6.07, 6.45) is 0. The Balaban J connectivity index is 2.67. The molecule has 0 radical (unpaired) electrons. The molecule has 23 heavy (non-hydrogen) atoms. The highest BCUT2D eigenvalue weighted by atomic mass is 28.4. The van der Waals surface area contributed by atoms with E-state index in [4.69, 9.17) is 8.85 Å². The molecule has 0 fully saturated rings. The van der Waals surface area contributed by atoms with Gasteiger partial charge in [0.05, 0.1) is 0 Å². The lowest BCUT2D eigenvalue weighted by Crippen LogP contribution is -2.49. The van der Waals surface area contributed by atoms with Gasteiger partial charge in [-0.2, -0.15) is 0 Å². The molecule has 3 heteroatoms. The van der Waals surface area contributed by atoms with Crippen molar-refractivity contribution in [2.24, 2.45) is 35.5 Å². The highest BCUT2D eigenvalue weighted by Gasteiger charge is 2.56. The third-order valence-corrected chi connectivity index (χ3v) is 11.8. The zero-order valence-electron chi connectivity index (χ0n) is 16.8. The first-order chi connectivity index (χ1) is 10.7. The topological polar surface area (TPSA) is 18.5 Å². The molecule has 0 spiro atoms. The molecule has 0 saturated carbocycles. The average molecular weight is 337 g/mol. The maximum absolute atomic E-state index is 6.33. The molecule has 0 aromatic rings. The summed E-state index contributed by atoms with van der Waals surface area (Å²) >= 11 is 0. The SMILES string of the molecule is CO[Si](OC)(C1=C(C)C(C)C(C)C1C)C1=C(C)C(C)C(C)C1C. The van der Waals surface area contributed by atoms with Gasteiger partial charge in [0.25, 0.3) is 0 Å². The van der Waals surface area contributed by atoms with E-state index < -0.39 is 8.56 Å². The molecule has 2 rings (SSSR count). The predicted octanol–water partition coefficient (Wildman–Crippen LogP) is 5.28. The molecule has 6 atom stereocenters. The van der Waals surface area contributed by atoms with Crippen LogP contribution in [-0.4, -0.2) is 22.8 Å². The normalized spacial score (nSPS) is 38.9. The minimum absolute atomic E-state index is 0.537. The van der Waals surface area contributed by atoms with Crippen LogP contribution in [0.15, 0.2) is 21.5 Å². The Labute approximate surface area is 144 Å². The highest BCUT2D eigenvalue weighted by Crippen LogP contribution is 2.52. The fraction of sp³-hybridized carbons (Fsp3) is 0.800. The largest absolute Gasteiger partial charge is 0.398 e. The molecule has 0 N–H and O–H groups in total. The van der Waals surface area contributed by atoms with Gasteiger partial charge < -0.3 is 8.85 Å². The van der Waals surface area contributed by atoms with Crippen LogP contribution >= 0.6 is 0 Å². The second kappa shape index (κ2) is 6.49. The lowest BCUT2D eigenvalue weighted by atomic mass is 9.90. The van der Waals surface area contributed by atoms with Crippen LogP contribution in [0.25, 0.3) is 0 Å². The van der Waals surface area contributed by atoms with Gasteiger partial charge >= 0.3 is 8.56 Å². The minimum atomic E-state index is -2.54. The standard InChI is InChI=1S/C20H36O2Si/c1-11-12(2)16(6)19(15(11)5)23(21-9,22-10)20-17(7)13(3)14(4)18(20)8/h11-15,17H,1-10H3. The van der Waals surface area contributed by atoms with Crippen molar-refractivity contribution in [3.63, 3.8) is 0 Å². The van der Waals surface area contributed by atoms with Crippen molar-refractivity contribution < 1.29 is 8.85 Å². The Morgan fingerprint density at radius 1 is 0.609 bits per heavy atom. The Morgan fingerprint density at radius 3 is 1.09 bits per heavy atom. The second-order valence-corrected chi connectivity index (χ2v) is 11.2. The van der Waals surface area contributed by atoms with E-state index in [1.54, 1.807) is 0 Å². The molecule has 2 aliphatic carbocycles. The van der Waals surface area contributed by atoms with Crippen molar-refractivity contribution in [2.75, 3.05) is 14.2 Å². The van der Waals surface area contributed by atoms with Crippen molar-refractivity contribution in [3.05, 3.63) is 21.5 Å². The van der Waals surface area contributed by atoms with E-state index in [9.17, 15) is 0 Å². The van der Waals surface area contributed by atoms with Crippen molar-refractivity contribution in [2.45, 2.75) is 55.4 Å². The molecule has 0 bridgehead atoms. The van der Waals surface area contributed by atoms with Crippen LogP contribution in [0.3, 0.4) is 0 Å². The van der Waals surface area contributed by atoms with Crippen LogP contribution in [0.2, 0.25) is 0 Å². The lowest BCUT2D eigenvalue weighted by Gasteiger charge is -2.36. The van der Waals surface area contributed by atoms with Gasteiger partial charge in [-0.3, -0.25) is 0 Å². The summed E-state index contributed by atoms with van der Waals surface area (Å²) < 4.78 is 12.7. The zero-order chi connectivity index (χ0) is 17.7. The number of hydrogen-bond donors (Lipinski definition) is 0. The Kier molecular flexibility index (Phi) is 5.35. The van der Waals surface area contributed by atoms with E-state index >= 15 is 0 Å². The van der Waals surface area contributed by atoms with Crippen LogP contribution < -0.4 is 0 Å². The molecular weight excluding hydrogens is 300 g/mol. The number of rotatable bonds is 4. The van der Waals surface area contributed by atoms with Gasteiger partial charge in [0.15, 0.2) is 0 Å². The van der Waals surface area contributed by atoms with Gasteiger partial charge in [-0.25, -0.2) is 0 Å². The van der Waals surface area contributed by atoms with Gasteiger partial charge in [-0.05, 0) is 59.7 Å². The summed E-state index contributed by atoms with van der Waals surface area (Å²) in [7, 11) is 1.21. The van der Waals surface area contributed by atoms with E-state index in [-0.39, 0.29) is 0 Å². The molecule has 132 valence electrons. The van der Waals surface area contributed by atoms with E-state index in [1.165, 1.54) is 21.5 Å².